The quantitative estimate of drug-likeness (QED) is 0.320. The molecule has 3 heterocycles. The number of Topliss-reactive ketones (excluding diaryl/α,β-unsaturated/α-hetero) is 1. The Balaban J connectivity index is 1.62. The Morgan fingerprint density at radius 1 is 1.15 bits per heavy atom. The Morgan fingerprint density at radius 2 is 1.91 bits per heavy atom. The van der Waals surface area contributed by atoms with Gasteiger partial charge in [-0.05, 0) is 42.3 Å². The van der Waals surface area contributed by atoms with E-state index in [1.165, 1.54) is 16.2 Å². The van der Waals surface area contributed by atoms with Gasteiger partial charge >= 0.3 is 5.91 Å². The lowest BCUT2D eigenvalue weighted by atomic mass is 9.95. The fourth-order valence-corrected chi connectivity index (χ4v) is 4.66. The number of fused-ring (bicyclic) bond motifs is 1. The largest absolute Gasteiger partial charge is 0.507 e. The van der Waals surface area contributed by atoms with Crippen LogP contribution in [0.25, 0.3) is 5.76 Å². The van der Waals surface area contributed by atoms with Gasteiger partial charge < -0.3 is 19.3 Å². The second-order valence-electron chi connectivity index (χ2n) is 7.76. The number of hydrogen-bond donors (Lipinski definition) is 1. The van der Waals surface area contributed by atoms with Crippen LogP contribution >= 0.6 is 11.3 Å². The number of aliphatic hydroxyl groups is 1. The van der Waals surface area contributed by atoms with Crippen LogP contribution in [0, 0.1) is 0 Å². The summed E-state index contributed by atoms with van der Waals surface area (Å²) in [6, 6.07) is 11.2. The van der Waals surface area contributed by atoms with Gasteiger partial charge in [-0.3, -0.25) is 14.5 Å². The molecule has 0 bridgehead atoms. The summed E-state index contributed by atoms with van der Waals surface area (Å²) in [5.74, 6) is -0.0951. The van der Waals surface area contributed by atoms with Crippen LogP contribution in [-0.2, 0) is 9.59 Å². The maximum atomic E-state index is 13.2. The third kappa shape index (κ3) is 3.88. The highest BCUT2D eigenvalue weighted by molar-refractivity contribution is 7.14. The molecule has 9 heteroatoms. The summed E-state index contributed by atoms with van der Waals surface area (Å²) in [5, 5.41) is 13.4. The monoisotopic (exact) mass is 478 g/mol. The summed E-state index contributed by atoms with van der Waals surface area (Å²) >= 11 is 1.24. The van der Waals surface area contributed by atoms with Crippen LogP contribution in [0.2, 0.25) is 0 Å². The van der Waals surface area contributed by atoms with E-state index in [2.05, 4.69) is 4.98 Å². The van der Waals surface area contributed by atoms with Crippen molar-refractivity contribution in [3.8, 4) is 17.2 Å². The first-order valence-electron chi connectivity index (χ1n) is 10.9. The number of carbonyl (C=O) groups excluding carboxylic acids is 2. The van der Waals surface area contributed by atoms with Gasteiger partial charge in [0.05, 0.1) is 18.2 Å². The maximum Gasteiger partial charge on any atom is 0.301 e. The Labute approximate surface area is 200 Å². The van der Waals surface area contributed by atoms with Gasteiger partial charge in [0.15, 0.2) is 16.6 Å². The van der Waals surface area contributed by atoms with Crippen molar-refractivity contribution in [3.05, 3.63) is 70.7 Å². The molecule has 5 rings (SSSR count). The predicted molar refractivity (Wildman–Crippen MR) is 127 cm³/mol. The summed E-state index contributed by atoms with van der Waals surface area (Å²) in [7, 11) is 0. The second kappa shape index (κ2) is 9.18. The van der Waals surface area contributed by atoms with Crippen molar-refractivity contribution in [2.45, 2.75) is 19.4 Å². The average molecular weight is 479 g/mol. The Hall–Kier alpha value is -3.85. The highest BCUT2D eigenvalue weighted by Gasteiger charge is 2.48. The molecular formula is C25H22N2O6S. The summed E-state index contributed by atoms with van der Waals surface area (Å²) in [6.07, 6.45) is 2.44. The fraction of sp³-hybridized carbons (Fsp3) is 0.240. The molecule has 3 aromatic rings. The molecule has 1 saturated heterocycles. The van der Waals surface area contributed by atoms with Gasteiger partial charge in [-0.2, -0.15) is 0 Å². The third-order valence-electron chi connectivity index (χ3n) is 5.55. The third-order valence-corrected chi connectivity index (χ3v) is 6.32. The summed E-state index contributed by atoms with van der Waals surface area (Å²) in [4.78, 5) is 31.9. The predicted octanol–water partition coefficient (Wildman–Crippen LogP) is 4.33. The van der Waals surface area contributed by atoms with Gasteiger partial charge in [0, 0.05) is 17.1 Å². The molecule has 0 saturated carbocycles. The zero-order valence-electron chi connectivity index (χ0n) is 18.4. The highest BCUT2D eigenvalue weighted by atomic mass is 32.1. The SMILES string of the molecule is CCCOc1ccc(C2/C(=C(\O)c3ccc4c(c3)OCCO4)C(=O)C(=O)N2c2nccs2)cc1. The smallest absolute Gasteiger partial charge is 0.301 e. The minimum absolute atomic E-state index is 0.0147. The normalized spacial score (nSPS) is 18.9. The first-order valence-corrected chi connectivity index (χ1v) is 11.8. The maximum absolute atomic E-state index is 13.2. The number of nitrogens with zero attached hydrogens (tertiary/aromatic N) is 2. The molecule has 1 unspecified atom stereocenters. The molecular weight excluding hydrogens is 456 g/mol. The van der Waals surface area contributed by atoms with Crippen LogP contribution in [0.1, 0.15) is 30.5 Å². The summed E-state index contributed by atoms with van der Waals surface area (Å²) in [6.45, 7) is 3.43. The first kappa shape index (κ1) is 22.0. The van der Waals surface area contributed by atoms with Gasteiger partial charge in [0.2, 0.25) is 0 Å². The number of hydrogen-bond acceptors (Lipinski definition) is 8. The minimum Gasteiger partial charge on any atom is -0.507 e. The molecule has 1 aromatic heterocycles. The molecule has 34 heavy (non-hydrogen) atoms. The van der Waals surface area contributed by atoms with Crippen molar-refractivity contribution >= 4 is 33.9 Å². The lowest BCUT2D eigenvalue weighted by molar-refractivity contribution is -0.132. The Morgan fingerprint density at radius 3 is 2.62 bits per heavy atom. The number of carbonyl (C=O) groups is 2. The first-order chi connectivity index (χ1) is 16.6. The van der Waals surface area contributed by atoms with Gasteiger partial charge in [0.1, 0.15) is 24.7 Å². The molecule has 0 radical (unpaired) electrons. The van der Waals surface area contributed by atoms with E-state index in [0.29, 0.717) is 53.3 Å². The van der Waals surface area contributed by atoms with Gasteiger partial charge in [0.25, 0.3) is 5.78 Å². The second-order valence-corrected chi connectivity index (χ2v) is 8.63. The van der Waals surface area contributed by atoms with Crippen molar-refractivity contribution in [3.63, 3.8) is 0 Å². The number of benzene rings is 2. The van der Waals surface area contributed by atoms with Crippen LogP contribution in [0.5, 0.6) is 17.2 Å². The van der Waals surface area contributed by atoms with Crippen LogP contribution in [0.4, 0.5) is 5.13 Å². The van der Waals surface area contributed by atoms with Gasteiger partial charge in [-0.1, -0.05) is 19.1 Å². The summed E-state index contributed by atoms with van der Waals surface area (Å²) < 4.78 is 16.8. The van der Waals surface area contributed by atoms with Gasteiger partial charge in [-0.15, -0.1) is 11.3 Å². The van der Waals surface area contributed by atoms with Crippen molar-refractivity contribution in [2.75, 3.05) is 24.7 Å². The molecule has 1 atom stereocenters. The molecule has 174 valence electrons. The molecule has 1 fully saturated rings. The van der Waals surface area contributed by atoms with Crippen molar-refractivity contribution in [2.24, 2.45) is 0 Å². The van der Waals surface area contributed by atoms with E-state index in [9.17, 15) is 14.7 Å². The number of amides is 1. The molecule has 1 N–H and O–H groups in total. The zero-order valence-corrected chi connectivity index (χ0v) is 19.2. The highest BCUT2D eigenvalue weighted by Crippen LogP contribution is 2.44. The number of rotatable bonds is 6. The van der Waals surface area contributed by atoms with E-state index >= 15 is 0 Å². The minimum atomic E-state index is -0.848. The number of aromatic nitrogens is 1. The molecule has 2 aliphatic rings. The number of thiazole rings is 1. The average Bonchev–Trinajstić information content (AvgIpc) is 3.49. The van der Waals surface area contributed by atoms with Crippen molar-refractivity contribution < 1.29 is 28.9 Å². The number of ketones is 1. The zero-order chi connectivity index (χ0) is 23.7. The van der Waals surface area contributed by atoms with E-state index in [1.54, 1.807) is 54.0 Å². The standard InChI is InChI=1S/C25H22N2O6S/c1-2-10-31-17-6-3-15(4-7-17)21-20(23(29)24(30)27(21)25-26-9-13-34-25)22(28)16-5-8-18-19(14-16)33-12-11-32-18/h3-9,13-14,21,28H,2,10-12H2,1H3/b22-20+. The van der Waals surface area contributed by atoms with Crippen LogP contribution in [0.15, 0.2) is 59.6 Å². The van der Waals surface area contributed by atoms with Crippen molar-refractivity contribution in [1.29, 1.82) is 0 Å². The lowest BCUT2D eigenvalue weighted by Gasteiger charge is -2.23. The molecule has 0 aliphatic carbocycles. The number of ether oxygens (including phenoxy) is 3. The molecule has 2 aliphatic heterocycles. The molecule has 0 spiro atoms. The molecule has 8 nitrogen and oxygen atoms in total. The Kier molecular flexibility index (Phi) is 5.93. The molecule has 1 amide bonds. The fourth-order valence-electron chi connectivity index (χ4n) is 3.99. The van der Waals surface area contributed by atoms with E-state index in [4.69, 9.17) is 14.2 Å². The Bertz CT molecular complexity index is 1250. The number of aliphatic hydroxyl groups excluding tert-OH is 1. The van der Waals surface area contributed by atoms with Crippen LogP contribution < -0.4 is 19.1 Å². The summed E-state index contributed by atoms with van der Waals surface area (Å²) in [5.41, 5.74) is 0.991. The molecule has 2 aromatic carbocycles. The van der Waals surface area contributed by atoms with Crippen LogP contribution in [-0.4, -0.2) is 41.6 Å². The van der Waals surface area contributed by atoms with Crippen LogP contribution in [0.3, 0.4) is 0 Å². The van der Waals surface area contributed by atoms with E-state index in [-0.39, 0.29) is 11.3 Å². The van der Waals surface area contributed by atoms with Gasteiger partial charge in [-0.25, -0.2) is 4.98 Å². The van der Waals surface area contributed by atoms with E-state index < -0.39 is 17.7 Å². The lowest BCUT2D eigenvalue weighted by Crippen LogP contribution is -2.29. The number of anilines is 1. The topological polar surface area (TPSA) is 98.2 Å². The van der Waals surface area contributed by atoms with E-state index in [0.717, 1.165) is 6.42 Å². The van der Waals surface area contributed by atoms with E-state index in [1.807, 2.05) is 6.92 Å². The van der Waals surface area contributed by atoms with Crippen molar-refractivity contribution in [1.82, 2.24) is 4.98 Å².